The molecule has 0 N–H and O–H groups in total. The SMILES string of the molecule is Cc1cc(C)n(CC2CN(c3ncnc4c3cnn4C)CCO2)n1. The first-order valence-electron chi connectivity index (χ1n) is 8.12. The van der Waals surface area contributed by atoms with Gasteiger partial charge in [0.1, 0.15) is 12.1 Å². The summed E-state index contributed by atoms with van der Waals surface area (Å²) in [6.07, 6.45) is 3.51. The van der Waals surface area contributed by atoms with Gasteiger partial charge in [0.2, 0.25) is 0 Å². The third-order valence-corrected chi connectivity index (χ3v) is 4.43. The van der Waals surface area contributed by atoms with E-state index in [1.54, 1.807) is 11.0 Å². The summed E-state index contributed by atoms with van der Waals surface area (Å²) >= 11 is 0. The fourth-order valence-corrected chi connectivity index (χ4v) is 3.28. The largest absolute Gasteiger partial charge is 0.373 e. The van der Waals surface area contributed by atoms with Crippen molar-refractivity contribution < 1.29 is 4.74 Å². The first-order valence-corrected chi connectivity index (χ1v) is 8.12. The van der Waals surface area contributed by atoms with Gasteiger partial charge in [0.25, 0.3) is 0 Å². The maximum absolute atomic E-state index is 5.95. The summed E-state index contributed by atoms with van der Waals surface area (Å²) in [6.45, 7) is 7.10. The lowest BCUT2D eigenvalue weighted by Crippen LogP contribution is -2.45. The Balaban J connectivity index is 1.57. The van der Waals surface area contributed by atoms with Crippen LogP contribution < -0.4 is 4.90 Å². The van der Waals surface area contributed by atoms with Crippen LogP contribution in [0.2, 0.25) is 0 Å². The molecular formula is C16H21N7O. The summed E-state index contributed by atoms with van der Waals surface area (Å²) in [4.78, 5) is 11.1. The molecule has 0 aliphatic carbocycles. The first-order chi connectivity index (χ1) is 11.6. The van der Waals surface area contributed by atoms with Gasteiger partial charge in [0, 0.05) is 25.8 Å². The van der Waals surface area contributed by atoms with Gasteiger partial charge in [0.05, 0.1) is 36.5 Å². The molecule has 1 aliphatic heterocycles. The van der Waals surface area contributed by atoms with Crippen LogP contribution in [0.5, 0.6) is 0 Å². The number of anilines is 1. The van der Waals surface area contributed by atoms with Crippen molar-refractivity contribution in [2.24, 2.45) is 7.05 Å². The van der Waals surface area contributed by atoms with Gasteiger partial charge in [-0.25, -0.2) is 9.97 Å². The molecule has 1 atom stereocenters. The number of hydrogen-bond acceptors (Lipinski definition) is 6. The lowest BCUT2D eigenvalue weighted by atomic mass is 10.2. The maximum atomic E-state index is 5.95. The van der Waals surface area contributed by atoms with Gasteiger partial charge >= 0.3 is 0 Å². The summed E-state index contributed by atoms with van der Waals surface area (Å²) in [5.41, 5.74) is 3.04. The second kappa shape index (κ2) is 5.86. The van der Waals surface area contributed by atoms with E-state index in [2.05, 4.69) is 38.1 Å². The Hall–Kier alpha value is -2.48. The molecular weight excluding hydrogens is 306 g/mol. The van der Waals surface area contributed by atoms with Crippen molar-refractivity contribution >= 4 is 16.9 Å². The van der Waals surface area contributed by atoms with Crippen molar-refractivity contribution in [2.45, 2.75) is 26.5 Å². The van der Waals surface area contributed by atoms with Gasteiger partial charge in [-0.15, -0.1) is 0 Å². The average Bonchev–Trinajstić information content (AvgIpc) is 3.10. The minimum absolute atomic E-state index is 0.0819. The van der Waals surface area contributed by atoms with Crippen molar-refractivity contribution in [3.05, 3.63) is 30.0 Å². The van der Waals surface area contributed by atoms with Crippen LogP contribution in [-0.4, -0.2) is 55.3 Å². The molecule has 4 rings (SSSR count). The van der Waals surface area contributed by atoms with Gasteiger partial charge in [0.15, 0.2) is 5.65 Å². The Morgan fingerprint density at radius 1 is 1.29 bits per heavy atom. The monoisotopic (exact) mass is 327 g/mol. The summed E-state index contributed by atoms with van der Waals surface area (Å²) in [5.74, 6) is 0.926. The van der Waals surface area contributed by atoms with E-state index >= 15 is 0 Å². The summed E-state index contributed by atoms with van der Waals surface area (Å²) < 4.78 is 9.74. The zero-order valence-electron chi connectivity index (χ0n) is 14.2. The van der Waals surface area contributed by atoms with Crippen LogP contribution in [0.25, 0.3) is 11.0 Å². The van der Waals surface area contributed by atoms with Crippen molar-refractivity contribution in [2.75, 3.05) is 24.6 Å². The molecule has 0 saturated carbocycles. The molecule has 1 saturated heterocycles. The predicted octanol–water partition coefficient (Wildman–Crippen LogP) is 1.08. The standard InChI is InChI=1S/C16H21N7O/c1-11-6-12(2)23(20-11)9-13-8-22(4-5-24-13)16-14-7-19-21(3)15(14)17-10-18-16/h6-7,10,13H,4-5,8-9H2,1-3H3. The number of rotatable bonds is 3. The van der Waals surface area contributed by atoms with E-state index in [0.29, 0.717) is 6.61 Å². The minimum Gasteiger partial charge on any atom is -0.373 e. The van der Waals surface area contributed by atoms with E-state index in [9.17, 15) is 0 Å². The van der Waals surface area contributed by atoms with E-state index in [4.69, 9.17) is 4.74 Å². The molecule has 0 aromatic carbocycles. The van der Waals surface area contributed by atoms with Gasteiger partial charge in [-0.2, -0.15) is 10.2 Å². The summed E-state index contributed by atoms with van der Waals surface area (Å²) in [6, 6.07) is 2.09. The van der Waals surface area contributed by atoms with Crippen molar-refractivity contribution in [1.82, 2.24) is 29.5 Å². The van der Waals surface area contributed by atoms with Crippen LogP contribution in [-0.2, 0) is 18.3 Å². The van der Waals surface area contributed by atoms with Crippen LogP contribution in [0.4, 0.5) is 5.82 Å². The average molecular weight is 327 g/mol. The lowest BCUT2D eigenvalue weighted by molar-refractivity contribution is 0.0268. The van der Waals surface area contributed by atoms with Crippen LogP contribution >= 0.6 is 0 Å². The minimum atomic E-state index is 0.0819. The van der Waals surface area contributed by atoms with Gasteiger partial charge in [-0.05, 0) is 19.9 Å². The Morgan fingerprint density at radius 3 is 2.96 bits per heavy atom. The number of aryl methyl sites for hydroxylation is 3. The van der Waals surface area contributed by atoms with E-state index in [1.165, 1.54) is 0 Å². The van der Waals surface area contributed by atoms with E-state index in [-0.39, 0.29) is 6.10 Å². The fraction of sp³-hybridized carbons (Fsp3) is 0.500. The first kappa shape index (κ1) is 15.1. The Kier molecular flexibility index (Phi) is 3.68. The quantitative estimate of drug-likeness (QED) is 0.717. The third-order valence-electron chi connectivity index (χ3n) is 4.43. The molecule has 8 heteroatoms. The Bertz CT molecular complexity index is 869. The fourth-order valence-electron chi connectivity index (χ4n) is 3.28. The molecule has 1 unspecified atom stereocenters. The number of aromatic nitrogens is 6. The molecule has 1 aliphatic rings. The third kappa shape index (κ3) is 2.62. The van der Waals surface area contributed by atoms with Gasteiger partial charge in [-0.1, -0.05) is 0 Å². The number of fused-ring (bicyclic) bond motifs is 1. The molecule has 24 heavy (non-hydrogen) atoms. The molecule has 0 amide bonds. The predicted molar refractivity (Wildman–Crippen MR) is 90.0 cm³/mol. The van der Waals surface area contributed by atoms with Gasteiger partial charge in [-0.3, -0.25) is 9.36 Å². The highest BCUT2D eigenvalue weighted by atomic mass is 16.5. The smallest absolute Gasteiger partial charge is 0.163 e. The van der Waals surface area contributed by atoms with Crippen LogP contribution in [0.3, 0.4) is 0 Å². The molecule has 0 radical (unpaired) electrons. The van der Waals surface area contributed by atoms with E-state index < -0.39 is 0 Å². The van der Waals surface area contributed by atoms with E-state index in [1.807, 2.05) is 24.9 Å². The molecule has 3 aromatic rings. The van der Waals surface area contributed by atoms with Crippen molar-refractivity contribution in [1.29, 1.82) is 0 Å². The van der Waals surface area contributed by atoms with Crippen molar-refractivity contribution in [3.8, 4) is 0 Å². The Morgan fingerprint density at radius 2 is 2.17 bits per heavy atom. The highest BCUT2D eigenvalue weighted by molar-refractivity contribution is 5.86. The molecule has 1 fully saturated rings. The maximum Gasteiger partial charge on any atom is 0.163 e. The normalized spacial score (nSPS) is 18.5. The Labute approximate surface area is 140 Å². The molecule has 126 valence electrons. The number of nitrogens with zero attached hydrogens (tertiary/aromatic N) is 7. The van der Waals surface area contributed by atoms with Crippen LogP contribution in [0.1, 0.15) is 11.4 Å². The number of ether oxygens (including phenoxy) is 1. The summed E-state index contributed by atoms with van der Waals surface area (Å²) in [5, 5.41) is 9.81. The second-order valence-electron chi connectivity index (χ2n) is 6.25. The topological polar surface area (TPSA) is 73.9 Å². The van der Waals surface area contributed by atoms with Gasteiger partial charge < -0.3 is 9.64 Å². The molecule has 3 aromatic heterocycles. The second-order valence-corrected chi connectivity index (χ2v) is 6.25. The van der Waals surface area contributed by atoms with Crippen molar-refractivity contribution in [3.63, 3.8) is 0 Å². The van der Waals surface area contributed by atoms with Crippen LogP contribution in [0.15, 0.2) is 18.6 Å². The van der Waals surface area contributed by atoms with Crippen LogP contribution in [0, 0.1) is 13.8 Å². The molecule has 8 nitrogen and oxygen atoms in total. The zero-order chi connectivity index (χ0) is 16.7. The molecule has 0 spiro atoms. The summed E-state index contributed by atoms with van der Waals surface area (Å²) in [7, 11) is 1.89. The number of morpholine rings is 1. The molecule has 0 bridgehead atoms. The zero-order valence-corrected chi connectivity index (χ0v) is 14.2. The van der Waals surface area contributed by atoms with E-state index in [0.717, 1.165) is 47.9 Å². The lowest BCUT2D eigenvalue weighted by Gasteiger charge is -2.34. The highest BCUT2D eigenvalue weighted by Crippen LogP contribution is 2.24. The molecule has 4 heterocycles. The number of hydrogen-bond donors (Lipinski definition) is 0. The highest BCUT2D eigenvalue weighted by Gasteiger charge is 2.24.